The van der Waals surface area contributed by atoms with Crippen molar-refractivity contribution >= 4 is 44.2 Å². The van der Waals surface area contributed by atoms with Gasteiger partial charge in [0.2, 0.25) is 5.91 Å². The zero-order valence-corrected chi connectivity index (χ0v) is 18.6. The van der Waals surface area contributed by atoms with Crippen molar-refractivity contribution in [2.45, 2.75) is 24.9 Å². The van der Waals surface area contributed by atoms with E-state index in [0.29, 0.717) is 34.4 Å². The lowest BCUT2D eigenvalue weighted by molar-refractivity contribution is -0.132. The SMILES string of the molecule is NCCCCCN1C(=O)C(O)(c2ccc3ccccc3c2)c2c(Br)cc(C(N)=O)cc21. The fraction of sp³-hybridized carbons (Fsp3) is 0.250. The number of rotatable bonds is 7. The molecule has 2 amide bonds. The van der Waals surface area contributed by atoms with E-state index >= 15 is 0 Å². The fourth-order valence-corrected chi connectivity index (χ4v) is 4.95. The Morgan fingerprint density at radius 3 is 2.48 bits per heavy atom. The molecule has 3 aromatic carbocycles. The van der Waals surface area contributed by atoms with Gasteiger partial charge in [-0.1, -0.05) is 58.7 Å². The van der Waals surface area contributed by atoms with Crippen molar-refractivity contribution in [3.8, 4) is 0 Å². The lowest BCUT2D eigenvalue weighted by Crippen LogP contribution is -2.41. The molecule has 0 radical (unpaired) electrons. The van der Waals surface area contributed by atoms with Gasteiger partial charge < -0.3 is 21.5 Å². The highest BCUT2D eigenvalue weighted by Crippen LogP contribution is 2.49. The standard InChI is InChI=1S/C24H24BrN3O3/c25-19-13-17(22(27)29)14-20-21(19)24(31,23(30)28(20)11-5-1-4-10-26)18-9-8-15-6-2-3-7-16(15)12-18/h2-3,6-9,12-14,31H,1,4-5,10-11,26H2,(H2,27,29). The van der Waals surface area contributed by atoms with Gasteiger partial charge in [0.15, 0.2) is 5.60 Å². The van der Waals surface area contributed by atoms with Crippen LogP contribution in [0.4, 0.5) is 5.69 Å². The molecule has 0 aromatic heterocycles. The highest BCUT2D eigenvalue weighted by molar-refractivity contribution is 9.10. The van der Waals surface area contributed by atoms with Crippen LogP contribution in [0.2, 0.25) is 0 Å². The van der Waals surface area contributed by atoms with E-state index in [2.05, 4.69) is 15.9 Å². The average molecular weight is 482 g/mol. The minimum absolute atomic E-state index is 0.271. The molecule has 3 aromatic rings. The first-order chi connectivity index (χ1) is 14.9. The topological polar surface area (TPSA) is 110 Å². The third kappa shape index (κ3) is 3.63. The van der Waals surface area contributed by atoms with E-state index in [0.717, 1.165) is 30.0 Å². The van der Waals surface area contributed by atoms with E-state index in [1.54, 1.807) is 23.1 Å². The van der Waals surface area contributed by atoms with Gasteiger partial charge in [-0.15, -0.1) is 0 Å². The summed E-state index contributed by atoms with van der Waals surface area (Å²) in [5, 5.41) is 13.8. The molecule has 4 rings (SSSR count). The number of hydrogen-bond acceptors (Lipinski definition) is 4. The molecule has 0 fully saturated rings. The third-order valence-electron chi connectivity index (χ3n) is 5.81. The molecule has 0 saturated heterocycles. The van der Waals surface area contributed by atoms with E-state index in [9.17, 15) is 14.7 Å². The summed E-state index contributed by atoms with van der Waals surface area (Å²) < 4.78 is 0.465. The monoisotopic (exact) mass is 481 g/mol. The molecule has 1 atom stereocenters. The van der Waals surface area contributed by atoms with E-state index in [4.69, 9.17) is 11.5 Å². The molecule has 5 N–H and O–H groups in total. The van der Waals surface area contributed by atoms with Crippen LogP contribution in [-0.4, -0.2) is 30.0 Å². The molecule has 1 aliphatic rings. The minimum Gasteiger partial charge on any atom is -0.372 e. The van der Waals surface area contributed by atoms with Crippen LogP contribution in [0, 0.1) is 0 Å². The third-order valence-corrected chi connectivity index (χ3v) is 6.44. The van der Waals surface area contributed by atoms with Crippen molar-refractivity contribution < 1.29 is 14.7 Å². The quantitative estimate of drug-likeness (QED) is 0.449. The predicted molar refractivity (Wildman–Crippen MR) is 125 cm³/mol. The predicted octanol–water partition coefficient (Wildman–Crippen LogP) is 3.41. The van der Waals surface area contributed by atoms with Crippen molar-refractivity contribution in [2.75, 3.05) is 18.0 Å². The molecule has 1 aliphatic heterocycles. The first-order valence-electron chi connectivity index (χ1n) is 10.3. The second-order valence-electron chi connectivity index (χ2n) is 7.79. The minimum atomic E-state index is -1.87. The molecule has 6 nitrogen and oxygen atoms in total. The van der Waals surface area contributed by atoms with E-state index in [-0.39, 0.29) is 5.56 Å². The van der Waals surface area contributed by atoms with E-state index in [1.807, 2.05) is 36.4 Å². The molecule has 7 heteroatoms. The van der Waals surface area contributed by atoms with Gasteiger partial charge in [0.05, 0.1) is 5.69 Å². The van der Waals surface area contributed by atoms with Crippen LogP contribution in [0.5, 0.6) is 0 Å². The number of primary amides is 1. The number of nitrogens with zero attached hydrogens (tertiary/aromatic N) is 1. The Bertz CT molecular complexity index is 1180. The van der Waals surface area contributed by atoms with Crippen molar-refractivity contribution in [1.29, 1.82) is 0 Å². The summed E-state index contributed by atoms with van der Waals surface area (Å²) in [6.07, 6.45) is 2.45. The number of carbonyl (C=O) groups excluding carboxylic acids is 2. The fourth-order valence-electron chi connectivity index (χ4n) is 4.21. The molecule has 0 spiro atoms. The molecule has 1 heterocycles. The lowest BCUT2D eigenvalue weighted by atomic mass is 9.86. The number of halogens is 1. The van der Waals surface area contributed by atoms with Crippen LogP contribution < -0.4 is 16.4 Å². The van der Waals surface area contributed by atoms with Crippen LogP contribution in [0.1, 0.15) is 40.7 Å². The van der Waals surface area contributed by atoms with E-state index in [1.165, 1.54) is 0 Å². The number of carbonyl (C=O) groups is 2. The molecular formula is C24H24BrN3O3. The van der Waals surface area contributed by atoms with Gasteiger partial charge >= 0.3 is 0 Å². The maximum Gasteiger partial charge on any atom is 0.268 e. The average Bonchev–Trinajstić information content (AvgIpc) is 2.99. The summed E-state index contributed by atoms with van der Waals surface area (Å²) in [7, 11) is 0. The zero-order chi connectivity index (χ0) is 22.2. The highest BCUT2D eigenvalue weighted by atomic mass is 79.9. The molecule has 0 saturated carbocycles. The first kappa shape index (κ1) is 21.5. The summed E-state index contributed by atoms with van der Waals surface area (Å²) in [5.74, 6) is -1.03. The van der Waals surface area contributed by atoms with Gasteiger partial charge in [0.1, 0.15) is 0 Å². The van der Waals surface area contributed by atoms with Gasteiger partial charge in [0, 0.05) is 22.1 Å². The molecule has 0 bridgehead atoms. The van der Waals surface area contributed by atoms with Gasteiger partial charge in [-0.05, 0) is 53.9 Å². The number of benzene rings is 3. The summed E-state index contributed by atoms with van der Waals surface area (Å²) >= 11 is 3.47. The van der Waals surface area contributed by atoms with Crippen LogP contribution in [0.3, 0.4) is 0 Å². The molecular weight excluding hydrogens is 458 g/mol. The Balaban J connectivity index is 1.86. The number of amides is 2. The van der Waals surface area contributed by atoms with Crippen LogP contribution in [0.25, 0.3) is 10.8 Å². The Morgan fingerprint density at radius 2 is 1.77 bits per heavy atom. The van der Waals surface area contributed by atoms with Crippen molar-refractivity contribution in [2.24, 2.45) is 11.5 Å². The summed E-state index contributed by atoms with van der Waals surface area (Å²) in [6.45, 7) is 0.999. The van der Waals surface area contributed by atoms with Crippen molar-refractivity contribution in [1.82, 2.24) is 0 Å². The molecule has 0 aliphatic carbocycles. The Morgan fingerprint density at radius 1 is 1.03 bits per heavy atom. The first-order valence-corrected chi connectivity index (χ1v) is 11.0. The Kier molecular flexibility index (Phi) is 5.83. The summed E-state index contributed by atoms with van der Waals surface area (Å²) in [6, 6.07) is 16.4. The number of aliphatic hydroxyl groups is 1. The second kappa shape index (κ2) is 8.42. The number of anilines is 1. The van der Waals surface area contributed by atoms with Crippen molar-refractivity contribution in [3.63, 3.8) is 0 Å². The summed E-state index contributed by atoms with van der Waals surface area (Å²) in [4.78, 5) is 27.0. The largest absolute Gasteiger partial charge is 0.372 e. The molecule has 160 valence electrons. The van der Waals surface area contributed by atoms with Gasteiger partial charge in [-0.2, -0.15) is 0 Å². The number of fused-ring (bicyclic) bond motifs is 2. The lowest BCUT2D eigenvalue weighted by Gasteiger charge is -2.24. The maximum atomic E-state index is 13.6. The van der Waals surface area contributed by atoms with Crippen LogP contribution in [0.15, 0.2) is 59.1 Å². The number of hydrogen-bond donors (Lipinski definition) is 3. The maximum absolute atomic E-state index is 13.6. The number of unbranched alkanes of at least 4 members (excludes halogenated alkanes) is 2. The van der Waals surface area contributed by atoms with Gasteiger partial charge in [0.25, 0.3) is 5.91 Å². The smallest absolute Gasteiger partial charge is 0.268 e. The second-order valence-corrected chi connectivity index (χ2v) is 8.65. The molecule has 1 unspecified atom stereocenters. The normalized spacial score (nSPS) is 17.9. The Labute approximate surface area is 189 Å². The van der Waals surface area contributed by atoms with Crippen LogP contribution in [-0.2, 0) is 10.4 Å². The zero-order valence-electron chi connectivity index (χ0n) is 17.0. The Hall–Kier alpha value is -2.74. The summed E-state index contributed by atoms with van der Waals surface area (Å²) in [5.41, 5.74) is 10.9. The van der Waals surface area contributed by atoms with Crippen molar-refractivity contribution in [3.05, 3.63) is 75.8 Å². The number of nitrogens with two attached hydrogens (primary N) is 2. The van der Waals surface area contributed by atoms with Gasteiger partial charge in [-0.25, -0.2) is 0 Å². The van der Waals surface area contributed by atoms with E-state index < -0.39 is 17.4 Å². The highest BCUT2D eigenvalue weighted by Gasteiger charge is 2.52. The molecule has 31 heavy (non-hydrogen) atoms. The van der Waals surface area contributed by atoms with Crippen LogP contribution >= 0.6 is 15.9 Å². The van der Waals surface area contributed by atoms with Gasteiger partial charge in [-0.3, -0.25) is 9.59 Å².